The maximum Gasteiger partial charge on any atom is 0.308 e. The van der Waals surface area contributed by atoms with Gasteiger partial charge in [0.1, 0.15) is 0 Å². The smallest absolute Gasteiger partial charge is 0.308 e. The standard InChI is InChI=1S/C13H17NO3S/c1-8-6-7-11(18-8)12(15)14-10-5-3-2-4-9(10)13(16)17/h6-7,9-10H,2-5H2,1H3,(H,14,15)(H,16,17). The number of nitrogens with one attached hydrogen (secondary N) is 1. The van der Waals surface area contributed by atoms with Crippen LogP contribution >= 0.6 is 11.3 Å². The Kier molecular flexibility index (Phi) is 4.01. The quantitative estimate of drug-likeness (QED) is 0.884. The first kappa shape index (κ1) is 13.1. The van der Waals surface area contributed by atoms with E-state index in [9.17, 15) is 9.59 Å². The van der Waals surface area contributed by atoms with Crippen molar-refractivity contribution in [3.63, 3.8) is 0 Å². The number of rotatable bonds is 3. The van der Waals surface area contributed by atoms with Crippen LogP contribution in [0.3, 0.4) is 0 Å². The summed E-state index contributed by atoms with van der Waals surface area (Å²) in [5.74, 6) is -1.39. The zero-order valence-electron chi connectivity index (χ0n) is 10.3. The van der Waals surface area contributed by atoms with Crippen molar-refractivity contribution in [3.05, 3.63) is 21.9 Å². The van der Waals surface area contributed by atoms with Gasteiger partial charge in [0.2, 0.25) is 0 Å². The van der Waals surface area contributed by atoms with E-state index < -0.39 is 11.9 Å². The van der Waals surface area contributed by atoms with Crippen LogP contribution in [0.5, 0.6) is 0 Å². The van der Waals surface area contributed by atoms with E-state index in [1.165, 1.54) is 11.3 Å². The summed E-state index contributed by atoms with van der Waals surface area (Å²) in [5.41, 5.74) is 0. The highest BCUT2D eigenvalue weighted by Gasteiger charge is 2.32. The van der Waals surface area contributed by atoms with Gasteiger partial charge in [-0.2, -0.15) is 0 Å². The third-order valence-electron chi connectivity index (χ3n) is 3.36. The topological polar surface area (TPSA) is 66.4 Å². The molecule has 1 heterocycles. The molecule has 1 aliphatic carbocycles. The molecule has 0 aliphatic heterocycles. The van der Waals surface area contributed by atoms with Gasteiger partial charge >= 0.3 is 5.97 Å². The van der Waals surface area contributed by atoms with Crippen LogP contribution in [0.4, 0.5) is 0 Å². The van der Waals surface area contributed by atoms with Crippen LogP contribution < -0.4 is 5.32 Å². The predicted molar refractivity (Wildman–Crippen MR) is 69.9 cm³/mol. The SMILES string of the molecule is Cc1ccc(C(=O)NC2CCCCC2C(=O)O)s1. The van der Waals surface area contributed by atoms with Crippen LogP contribution in [0, 0.1) is 12.8 Å². The normalized spacial score (nSPS) is 23.6. The number of hydrogen-bond donors (Lipinski definition) is 2. The molecule has 1 fully saturated rings. The fourth-order valence-corrected chi connectivity index (χ4v) is 3.17. The van der Waals surface area contributed by atoms with E-state index in [1.54, 1.807) is 6.07 Å². The van der Waals surface area contributed by atoms with Crippen molar-refractivity contribution < 1.29 is 14.7 Å². The second kappa shape index (κ2) is 5.52. The molecular weight excluding hydrogens is 250 g/mol. The zero-order valence-corrected chi connectivity index (χ0v) is 11.1. The Morgan fingerprint density at radius 3 is 2.67 bits per heavy atom. The molecular formula is C13H17NO3S. The minimum absolute atomic E-state index is 0.147. The van der Waals surface area contributed by atoms with E-state index in [4.69, 9.17) is 5.11 Å². The number of carboxylic acid groups (broad SMARTS) is 1. The third-order valence-corrected chi connectivity index (χ3v) is 4.36. The van der Waals surface area contributed by atoms with Crippen molar-refractivity contribution in [2.24, 2.45) is 5.92 Å². The predicted octanol–water partition coefficient (Wildman–Crippen LogP) is 2.43. The molecule has 1 amide bonds. The van der Waals surface area contributed by atoms with Gasteiger partial charge in [-0.15, -0.1) is 11.3 Å². The maximum absolute atomic E-state index is 12.0. The van der Waals surface area contributed by atoms with Gasteiger partial charge < -0.3 is 10.4 Å². The second-order valence-corrected chi connectivity index (χ2v) is 6.01. The molecule has 0 saturated heterocycles. The van der Waals surface area contributed by atoms with E-state index >= 15 is 0 Å². The molecule has 18 heavy (non-hydrogen) atoms. The minimum Gasteiger partial charge on any atom is -0.481 e. The van der Waals surface area contributed by atoms with E-state index in [2.05, 4.69) is 5.32 Å². The Bertz CT molecular complexity index is 455. The molecule has 98 valence electrons. The molecule has 1 saturated carbocycles. The van der Waals surface area contributed by atoms with Crippen molar-refractivity contribution in [1.29, 1.82) is 0 Å². The van der Waals surface area contributed by atoms with Gasteiger partial charge in [0.05, 0.1) is 10.8 Å². The summed E-state index contributed by atoms with van der Waals surface area (Å²) in [4.78, 5) is 24.9. The van der Waals surface area contributed by atoms with Crippen molar-refractivity contribution in [1.82, 2.24) is 5.32 Å². The maximum atomic E-state index is 12.0. The average Bonchev–Trinajstić information content (AvgIpc) is 2.76. The Labute approximate surface area is 110 Å². The van der Waals surface area contributed by atoms with Crippen molar-refractivity contribution in [2.75, 3.05) is 0 Å². The molecule has 0 spiro atoms. The largest absolute Gasteiger partial charge is 0.481 e. The summed E-state index contributed by atoms with van der Waals surface area (Å²) in [6.07, 6.45) is 3.33. The molecule has 2 atom stereocenters. The fraction of sp³-hybridized carbons (Fsp3) is 0.538. The van der Waals surface area contributed by atoms with Gasteiger partial charge in [0.15, 0.2) is 0 Å². The van der Waals surface area contributed by atoms with Gasteiger partial charge in [-0.1, -0.05) is 12.8 Å². The van der Waals surface area contributed by atoms with Crippen LogP contribution in [-0.4, -0.2) is 23.0 Å². The van der Waals surface area contributed by atoms with Crippen molar-refractivity contribution in [3.8, 4) is 0 Å². The number of amides is 1. The summed E-state index contributed by atoms with van der Waals surface area (Å²) >= 11 is 1.43. The molecule has 1 aliphatic rings. The van der Waals surface area contributed by atoms with Gasteiger partial charge in [0.25, 0.3) is 5.91 Å². The number of thiophene rings is 1. The monoisotopic (exact) mass is 267 g/mol. The minimum atomic E-state index is -0.803. The lowest BCUT2D eigenvalue weighted by Crippen LogP contribution is -2.44. The van der Waals surface area contributed by atoms with E-state index in [0.717, 1.165) is 24.1 Å². The number of carbonyl (C=O) groups is 2. The molecule has 2 N–H and O–H groups in total. The molecule has 2 unspecified atom stereocenters. The van der Waals surface area contributed by atoms with E-state index in [1.807, 2.05) is 13.0 Å². The van der Waals surface area contributed by atoms with Crippen LogP contribution in [0.25, 0.3) is 0 Å². The van der Waals surface area contributed by atoms with Gasteiger partial charge in [-0.3, -0.25) is 9.59 Å². The summed E-state index contributed by atoms with van der Waals surface area (Å²) < 4.78 is 0. The highest BCUT2D eigenvalue weighted by Crippen LogP contribution is 2.25. The van der Waals surface area contributed by atoms with Crippen LogP contribution in [0.1, 0.15) is 40.2 Å². The zero-order chi connectivity index (χ0) is 13.1. The number of carbonyl (C=O) groups excluding carboxylic acids is 1. The Morgan fingerprint density at radius 2 is 2.06 bits per heavy atom. The molecule has 0 bridgehead atoms. The van der Waals surface area contributed by atoms with Gasteiger partial charge in [-0.25, -0.2) is 0 Å². The first-order valence-corrected chi connectivity index (χ1v) is 6.99. The molecule has 1 aromatic rings. The number of carboxylic acids is 1. The first-order valence-electron chi connectivity index (χ1n) is 6.18. The Balaban J connectivity index is 2.03. The average molecular weight is 267 g/mol. The fourth-order valence-electron chi connectivity index (χ4n) is 2.40. The summed E-state index contributed by atoms with van der Waals surface area (Å²) in [6, 6.07) is 3.45. The Morgan fingerprint density at radius 1 is 1.33 bits per heavy atom. The van der Waals surface area contributed by atoms with E-state index in [0.29, 0.717) is 11.3 Å². The summed E-state index contributed by atoms with van der Waals surface area (Å²) in [7, 11) is 0. The van der Waals surface area contributed by atoms with Crippen LogP contribution in [-0.2, 0) is 4.79 Å². The third kappa shape index (κ3) is 2.90. The molecule has 0 aromatic carbocycles. The van der Waals surface area contributed by atoms with Gasteiger partial charge in [-0.05, 0) is 31.9 Å². The lowest BCUT2D eigenvalue weighted by atomic mass is 9.84. The van der Waals surface area contributed by atoms with E-state index in [-0.39, 0.29) is 11.9 Å². The Hall–Kier alpha value is -1.36. The van der Waals surface area contributed by atoms with Crippen molar-refractivity contribution >= 4 is 23.2 Å². The molecule has 0 radical (unpaired) electrons. The molecule has 4 nitrogen and oxygen atoms in total. The number of aliphatic carboxylic acids is 1. The van der Waals surface area contributed by atoms with Gasteiger partial charge in [0, 0.05) is 10.9 Å². The number of hydrogen-bond acceptors (Lipinski definition) is 3. The lowest BCUT2D eigenvalue weighted by Gasteiger charge is -2.29. The second-order valence-electron chi connectivity index (χ2n) is 4.72. The molecule has 5 heteroatoms. The number of aryl methyl sites for hydroxylation is 1. The molecule has 1 aromatic heterocycles. The van der Waals surface area contributed by atoms with Crippen LogP contribution in [0.2, 0.25) is 0 Å². The van der Waals surface area contributed by atoms with Crippen molar-refractivity contribution in [2.45, 2.75) is 38.6 Å². The lowest BCUT2D eigenvalue weighted by molar-refractivity contribution is -0.143. The first-order chi connectivity index (χ1) is 8.58. The molecule has 2 rings (SSSR count). The summed E-state index contributed by atoms with van der Waals surface area (Å²) in [6.45, 7) is 1.95. The highest BCUT2D eigenvalue weighted by atomic mass is 32.1. The van der Waals surface area contributed by atoms with Crippen LogP contribution in [0.15, 0.2) is 12.1 Å². The highest BCUT2D eigenvalue weighted by molar-refractivity contribution is 7.13. The summed E-state index contributed by atoms with van der Waals surface area (Å²) in [5, 5.41) is 12.0.